The number of nitrogens with one attached hydrogen (secondary N) is 1. The predicted octanol–water partition coefficient (Wildman–Crippen LogP) is 6.94. The van der Waals surface area contributed by atoms with Crippen LogP contribution in [0.25, 0.3) is 0 Å². The van der Waals surface area contributed by atoms with E-state index >= 15 is 0 Å². The van der Waals surface area contributed by atoms with Crippen LogP contribution in [0.2, 0.25) is 15.1 Å². The maximum atomic E-state index is 14.1. The summed E-state index contributed by atoms with van der Waals surface area (Å²) in [5.74, 6) is -0.848. The van der Waals surface area contributed by atoms with Crippen molar-refractivity contribution < 1.29 is 18.0 Å². The molecule has 1 aliphatic rings. The van der Waals surface area contributed by atoms with Crippen LogP contribution in [-0.2, 0) is 26.2 Å². The largest absolute Gasteiger partial charge is 0.352 e. The van der Waals surface area contributed by atoms with Gasteiger partial charge < -0.3 is 10.2 Å². The molecule has 0 aromatic heterocycles. The van der Waals surface area contributed by atoms with E-state index in [4.69, 9.17) is 34.8 Å². The van der Waals surface area contributed by atoms with Gasteiger partial charge in [0.1, 0.15) is 12.6 Å². The molecule has 1 atom stereocenters. The summed E-state index contributed by atoms with van der Waals surface area (Å²) < 4.78 is 29.0. The Morgan fingerprint density at radius 3 is 2.19 bits per heavy atom. The maximum Gasteiger partial charge on any atom is 0.264 e. The van der Waals surface area contributed by atoms with E-state index in [0.29, 0.717) is 26.3 Å². The summed E-state index contributed by atoms with van der Waals surface area (Å²) in [6.45, 7) is 4.94. The number of hydrogen-bond acceptors (Lipinski definition) is 4. The van der Waals surface area contributed by atoms with E-state index in [1.807, 2.05) is 19.9 Å². The number of aryl methyl sites for hydroxylation is 2. The number of nitrogens with zero attached hydrogens (tertiary/aromatic N) is 2. The molecule has 0 bridgehead atoms. The molecular formula is C31H34Cl3N3O4S. The van der Waals surface area contributed by atoms with E-state index in [2.05, 4.69) is 5.32 Å². The van der Waals surface area contributed by atoms with Crippen molar-refractivity contribution in [3.8, 4) is 0 Å². The zero-order valence-corrected chi connectivity index (χ0v) is 26.8. The van der Waals surface area contributed by atoms with Crippen molar-refractivity contribution in [3.05, 3.63) is 92.4 Å². The van der Waals surface area contributed by atoms with Gasteiger partial charge in [0, 0.05) is 17.6 Å². The van der Waals surface area contributed by atoms with Crippen LogP contribution < -0.4 is 9.62 Å². The lowest BCUT2D eigenvalue weighted by atomic mass is 10.1. The molecule has 1 aliphatic carbocycles. The fourth-order valence-corrected chi connectivity index (χ4v) is 6.81. The van der Waals surface area contributed by atoms with Gasteiger partial charge in [0.25, 0.3) is 10.0 Å². The average Bonchev–Trinajstić information content (AvgIpc) is 3.46. The lowest BCUT2D eigenvalue weighted by molar-refractivity contribution is -0.139. The highest BCUT2D eigenvalue weighted by atomic mass is 35.5. The van der Waals surface area contributed by atoms with Crippen molar-refractivity contribution in [2.75, 3.05) is 10.8 Å². The van der Waals surface area contributed by atoms with Gasteiger partial charge in [0.05, 0.1) is 20.6 Å². The van der Waals surface area contributed by atoms with E-state index < -0.39 is 28.5 Å². The van der Waals surface area contributed by atoms with Gasteiger partial charge in [0.2, 0.25) is 11.8 Å². The van der Waals surface area contributed by atoms with E-state index in [9.17, 15) is 18.0 Å². The monoisotopic (exact) mass is 649 g/mol. The van der Waals surface area contributed by atoms with Crippen LogP contribution in [0, 0.1) is 13.8 Å². The fraction of sp³-hybridized carbons (Fsp3) is 0.355. The molecule has 0 spiro atoms. The topological polar surface area (TPSA) is 86.8 Å². The van der Waals surface area contributed by atoms with Crippen LogP contribution in [0.4, 0.5) is 5.69 Å². The lowest BCUT2D eigenvalue weighted by Gasteiger charge is -2.32. The zero-order valence-electron chi connectivity index (χ0n) is 23.7. The van der Waals surface area contributed by atoms with E-state index in [1.165, 1.54) is 29.2 Å². The van der Waals surface area contributed by atoms with Gasteiger partial charge in [-0.3, -0.25) is 13.9 Å². The minimum atomic E-state index is -4.19. The van der Waals surface area contributed by atoms with Gasteiger partial charge in [-0.15, -0.1) is 0 Å². The minimum Gasteiger partial charge on any atom is -0.352 e. The molecule has 0 radical (unpaired) electrons. The molecule has 0 saturated heterocycles. The summed E-state index contributed by atoms with van der Waals surface area (Å²) in [5.41, 5.74) is 2.83. The summed E-state index contributed by atoms with van der Waals surface area (Å²) in [4.78, 5) is 28.8. The number of hydrogen-bond donors (Lipinski definition) is 1. The molecule has 11 heteroatoms. The predicted molar refractivity (Wildman–Crippen MR) is 169 cm³/mol. The molecule has 0 unspecified atom stereocenters. The molecule has 224 valence electrons. The summed E-state index contributed by atoms with van der Waals surface area (Å²) in [7, 11) is -4.19. The molecule has 3 aromatic rings. The second-order valence-corrected chi connectivity index (χ2v) is 13.8. The van der Waals surface area contributed by atoms with Crippen molar-refractivity contribution in [1.29, 1.82) is 0 Å². The number of rotatable bonds is 10. The van der Waals surface area contributed by atoms with E-state index in [-0.39, 0.29) is 23.4 Å². The smallest absolute Gasteiger partial charge is 0.264 e. The normalized spacial score (nSPS) is 14.4. The number of amides is 2. The van der Waals surface area contributed by atoms with Crippen LogP contribution in [0.5, 0.6) is 0 Å². The minimum absolute atomic E-state index is 0.0130. The van der Waals surface area contributed by atoms with Crippen molar-refractivity contribution in [3.63, 3.8) is 0 Å². The fourth-order valence-electron chi connectivity index (χ4n) is 4.95. The molecule has 4 rings (SSSR count). The lowest BCUT2D eigenvalue weighted by Crippen LogP contribution is -2.52. The molecule has 0 heterocycles. The molecular weight excluding hydrogens is 617 g/mol. The highest BCUT2D eigenvalue weighted by Crippen LogP contribution is 2.28. The third kappa shape index (κ3) is 7.59. The van der Waals surface area contributed by atoms with Crippen molar-refractivity contribution in [2.24, 2.45) is 0 Å². The van der Waals surface area contributed by atoms with Gasteiger partial charge in [-0.25, -0.2) is 8.42 Å². The summed E-state index contributed by atoms with van der Waals surface area (Å²) in [5, 5.41) is 4.12. The van der Waals surface area contributed by atoms with Crippen LogP contribution in [0.1, 0.15) is 49.3 Å². The van der Waals surface area contributed by atoms with Crippen molar-refractivity contribution >= 4 is 62.3 Å². The molecule has 1 fully saturated rings. The van der Waals surface area contributed by atoms with Gasteiger partial charge in [0.15, 0.2) is 0 Å². The van der Waals surface area contributed by atoms with Gasteiger partial charge in [-0.2, -0.15) is 0 Å². The number of sulfonamides is 1. The summed E-state index contributed by atoms with van der Waals surface area (Å²) in [6, 6.07) is 15.1. The Labute approximate surface area is 262 Å². The van der Waals surface area contributed by atoms with Crippen molar-refractivity contribution in [2.45, 2.75) is 70.0 Å². The number of carbonyl (C=O) groups is 2. The number of benzene rings is 3. The second-order valence-electron chi connectivity index (χ2n) is 10.7. The molecule has 2 amide bonds. The quantitative estimate of drug-likeness (QED) is 0.258. The van der Waals surface area contributed by atoms with Crippen LogP contribution in [0.15, 0.2) is 65.6 Å². The highest BCUT2D eigenvalue weighted by molar-refractivity contribution is 7.92. The van der Waals surface area contributed by atoms with E-state index in [0.717, 1.165) is 41.1 Å². The molecule has 1 saturated carbocycles. The first-order valence-electron chi connectivity index (χ1n) is 13.8. The Balaban J connectivity index is 1.71. The first-order chi connectivity index (χ1) is 19.9. The molecule has 1 N–H and O–H groups in total. The van der Waals surface area contributed by atoms with E-state index in [1.54, 1.807) is 37.3 Å². The first-order valence-corrected chi connectivity index (χ1v) is 16.3. The summed E-state index contributed by atoms with van der Waals surface area (Å²) >= 11 is 18.4. The average molecular weight is 651 g/mol. The number of anilines is 1. The second kappa shape index (κ2) is 13.7. The van der Waals surface area contributed by atoms with Crippen molar-refractivity contribution in [1.82, 2.24) is 10.2 Å². The van der Waals surface area contributed by atoms with Crippen LogP contribution >= 0.6 is 34.8 Å². The van der Waals surface area contributed by atoms with Gasteiger partial charge in [-0.1, -0.05) is 59.8 Å². The maximum absolute atomic E-state index is 14.1. The Morgan fingerprint density at radius 1 is 0.905 bits per heavy atom. The summed E-state index contributed by atoms with van der Waals surface area (Å²) in [6.07, 6.45) is 3.86. The highest BCUT2D eigenvalue weighted by Gasteiger charge is 2.33. The molecule has 42 heavy (non-hydrogen) atoms. The van der Waals surface area contributed by atoms with Gasteiger partial charge >= 0.3 is 0 Å². The standard InChI is InChI=1S/C31H34Cl3N3O4S/c1-20-8-12-26(16-21(20)2)37(42(40,41)27-13-10-24(32)11-14-27)19-30(38)36(18-23-9-15-28(33)29(34)17-23)22(3)31(39)35-25-6-4-5-7-25/h8-17,22,25H,4-7,18-19H2,1-3H3,(H,35,39)/t22-/m1/s1. The SMILES string of the molecule is Cc1ccc(N(CC(=O)N(Cc2ccc(Cl)c(Cl)c2)[C@H](C)C(=O)NC2CCCC2)S(=O)(=O)c2ccc(Cl)cc2)cc1C. The van der Waals surface area contributed by atoms with Crippen LogP contribution in [0.3, 0.4) is 0 Å². The Morgan fingerprint density at radius 2 is 1.57 bits per heavy atom. The van der Waals surface area contributed by atoms with Gasteiger partial charge in [-0.05, 0) is 98.8 Å². The molecule has 7 nitrogen and oxygen atoms in total. The molecule has 0 aliphatic heterocycles. The third-order valence-corrected chi connectivity index (χ3v) is 10.4. The first kappa shape index (κ1) is 32.1. The Bertz CT molecular complexity index is 1560. The number of halogens is 3. The Hall–Kier alpha value is -2.78. The number of carbonyl (C=O) groups excluding carboxylic acids is 2. The third-order valence-electron chi connectivity index (χ3n) is 7.66. The van der Waals surface area contributed by atoms with Crippen LogP contribution in [-0.4, -0.2) is 43.8 Å². The zero-order chi connectivity index (χ0) is 30.6. The Kier molecular flexibility index (Phi) is 10.5. The molecule has 3 aromatic carbocycles.